The first-order valence-corrected chi connectivity index (χ1v) is 11.0. The second-order valence-electron chi connectivity index (χ2n) is 9.35. The number of hydrogen-bond acceptors (Lipinski definition) is 4. The van der Waals surface area contributed by atoms with Crippen LogP contribution >= 0.6 is 0 Å². The van der Waals surface area contributed by atoms with Gasteiger partial charge in [0.2, 0.25) is 0 Å². The lowest BCUT2D eigenvalue weighted by atomic mass is 9.56. The fourth-order valence-electron chi connectivity index (χ4n) is 4.72. The summed E-state index contributed by atoms with van der Waals surface area (Å²) in [5.41, 5.74) is 2.35. The van der Waals surface area contributed by atoms with E-state index in [-0.39, 0.29) is 29.6 Å². The fourth-order valence-corrected chi connectivity index (χ4v) is 4.72. The highest BCUT2D eigenvalue weighted by Gasteiger charge is 2.48. The van der Waals surface area contributed by atoms with Gasteiger partial charge in [-0.15, -0.1) is 0 Å². The maximum Gasteiger partial charge on any atom is 0.0983 e. The number of aliphatic hydroxyl groups excluding tert-OH is 3. The monoisotopic (exact) mass is 404 g/mol. The molecule has 8 unspecified atom stereocenters. The highest BCUT2D eigenvalue weighted by atomic mass is 16.5. The molecule has 2 aliphatic rings. The second-order valence-corrected chi connectivity index (χ2v) is 9.35. The zero-order valence-electron chi connectivity index (χ0n) is 18.7. The summed E-state index contributed by atoms with van der Waals surface area (Å²) in [7, 11) is 0. The van der Waals surface area contributed by atoms with Crippen molar-refractivity contribution in [3.05, 3.63) is 48.1 Å². The minimum Gasteiger partial charge on any atom is -0.393 e. The molecule has 0 heterocycles. The van der Waals surface area contributed by atoms with Crippen molar-refractivity contribution in [2.45, 2.75) is 90.8 Å². The Labute approximate surface area is 176 Å². The van der Waals surface area contributed by atoms with Gasteiger partial charge in [-0.05, 0) is 57.8 Å². The van der Waals surface area contributed by atoms with E-state index in [0.717, 1.165) is 24.8 Å². The van der Waals surface area contributed by atoms with Crippen LogP contribution in [0.1, 0.15) is 60.3 Å². The van der Waals surface area contributed by atoms with E-state index in [2.05, 4.69) is 26.5 Å². The molecule has 2 rings (SSSR count). The van der Waals surface area contributed by atoms with E-state index in [0.29, 0.717) is 12.3 Å². The lowest BCUT2D eigenvalue weighted by molar-refractivity contribution is -0.107. The van der Waals surface area contributed by atoms with Crippen LogP contribution in [0.25, 0.3) is 0 Å². The molecule has 0 amide bonds. The van der Waals surface area contributed by atoms with Gasteiger partial charge < -0.3 is 20.1 Å². The maximum absolute atomic E-state index is 10.5. The van der Waals surface area contributed by atoms with E-state index in [9.17, 15) is 15.3 Å². The summed E-state index contributed by atoms with van der Waals surface area (Å²) in [6.07, 6.45) is 10.9. The third-order valence-electron chi connectivity index (χ3n) is 6.96. The van der Waals surface area contributed by atoms with E-state index in [1.54, 1.807) is 19.1 Å². The van der Waals surface area contributed by atoms with Gasteiger partial charge in [0.25, 0.3) is 0 Å². The fraction of sp³-hybridized carbons (Fsp3) is 0.680. The summed E-state index contributed by atoms with van der Waals surface area (Å²) in [5, 5.41) is 30.2. The van der Waals surface area contributed by atoms with E-state index in [1.807, 2.05) is 26.0 Å². The highest BCUT2D eigenvalue weighted by molar-refractivity contribution is 5.27. The summed E-state index contributed by atoms with van der Waals surface area (Å²) in [4.78, 5) is 0. The Hall–Kier alpha value is -1.20. The number of aliphatic hydroxyl groups is 3. The average molecular weight is 405 g/mol. The van der Waals surface area contributed by atoms with Crippen LogP contribution < -0.4 is 0 Å². The minimum absolute atomic E-state index is 0.0179. The molecule has 4 nitrogen and oxygen atoms in total. The van der Waals surface area contributed by atoms with Gasteiger partial charge in [-0.1, -0.05) is 62.0 Å². The Morgan fingerprint density at radius 2 is 2.03 bits per heavy atom. The van der Waals surface area contributed by atoms with Gasteiger partial charge in [0, 0.05) is 5.92 Å². The van der Waals surface area contributed by atoms with Gasteiger partial charge in [0.15, 0.2) is 0 Å². The normalized spacial score (nSPS) is 35.9. The summed E-state index contributed by atoms with van der Waals surface area (Å²) in [6, 6.07) is 0. The number of ether oxygens (including phenoxy) is 1. The van der Waals surface area contributed by atoms with Crippen LogP contribution in [0.2, 0.25) is 0 Å². The van der Waals surface area contributed by atoms with E-state index >= 15 is 0 Å². The third-order valence-corrected chi connectivity index (χ3v) is 6.96. The number of fused-ring (bicyclic) bond motifs is 1. The van der Waals surface area contributed by atoms with Crippen molar-refractivity contribution in [1.29, 1.82) is 0 Å². The quantitative estimate of drug-likeness (QED) is 0.416. The molecule has 4 heteroatoms. The second kappa shape index (κ2) is 10.2. The zero-order valence-corrected chi connectivity index (χ0v) is 18.7. The molecular formula is C25H40O4. The standard InChI is InChI=1S/C25H40O4/c1-16(2)21-15-25(6)18(4)24(13-12-20(25)14-23(21)28)29-19(5)22(27)11-9-7-8-10-17(3)26/h7-9,11,14,17-19,21-24,26-28H,1,10,12-13,15H2,2-6H3. The summed E-state index contributed by atoms with van der Waals surface area (Å²) in [6.45, 7) is 14.3. The first-order valence-electron chi connectivity index (χ1n) is 11.0. The van der Waals surface area contributed by atoms with Gasteiger partial charge in [0.1, 0.15) is 0 Å². The summed E-state index contributed by atoms with van der Waals surface area (Å²) >= 11 is 0. The molecule has 164 valence electrons. The molecule has 0 aromatic rings. The van der Waals surface area contributed by atoms with Crippen molar-refractivity contribution in [1.82, 2.24) is 0 Å². The molecule has 2 aliphatic carbocycles. The van der Waals surface area contributed by atoms with Crippen LogP contribution in [0.3, 0.4) is 0 Å². The molecule has 0 aromatic carbocycles. The van der Waals surface area contributed by atoms with Gasteiger partial charge in [-0.3, -0.25) is 0 Å². The third kappa shape index (κ3) is 5.91. The molecule has 0 spiro atoms. The molecular weight excluding hydrogens is 364 g/mol. The molecule has 0 bridgehead atoms. The van der Waals surface area contributed by atoms with Gasteiger partial charge in [0.05, 0.1) is 30.5 Å². The number of hydrogen-bond donors (Lipinski definition) is 3. The lowest BCUT2D eigenvalue weighted by Gasteiger charge is -2.51. The predicted molar refractivity (Wildman–Crippen MR) is 118 cm³/mol. The van der Waals surface area contributed by atoms with Crippen molar-refractivity contribution in [2.75, 3.05) is 0 Å². The van der Waals surface area contributed by atoms with Gasteiger partial charge in [-0.2, -0.15) is 0 Å². The van der Waals surface area contributed by atoms with Crippen molar-refractivity contribution in [2.24, 2.45) is 17.3 Å². The van der Waals surface area contributed by atoms with E-state index < -0.39 is 12.2 Å². The Kier molecular flexibility index (Phi) is 8.48. The Morgan fingerprint density at radius 3 is 2.66 bits per heavy atom. The maximum atomic E-state index is 10.5. The largest absolute Gasteiger partial charge is 0.393 e. The van der Waals surface area contributed by atoms with Crippen molar-refractivity contribution >= 4 is 0 Å². The first-order chi connectivity index (χ1) is 13.6. The SMILES string of the molecule is C=C(C)C1CC2(C)C(=CC1O)CCC(OC(C)C(O)C=CC=CCC(C)O)C2C. The average Bonchev–Trinajstić information content (AvgIpc) is 2.64. The van der Waals surface area contributed by atoms with E-state index in [1.165, 1.54) is 5.57 Å². The van der Waals surface area contributed by atoms with E-state index in [4.69, 9.17) is 4.74 Å². The Bertz CT molecular complexity index is 647. The molecule has 0 saturated heterocycles. The smallest absolute Gasteiger partial charge is 0.0983 e. The summed E-state index contributed by atoms with van der Waals surface area (Å²) in [5.74, 6) is 0.380. The van der Waals surface area contributed by atoms with Crippen molar-refractivity contribution < 1.29 is 20.1 Å². The molecule has 8 atom stereocenters. The van der Waals surface area contributed by atoms with Crippen LogP contribution in [0.5, 0.6) is 0 Å². The van der Waals surface area contributed by atoms with Crippen molar-refractivity contribution in [3.8, 4) is 0 Å². The summed E-state index contributed by atoms with van der Waals surface area (Å²) < 4.78 is 6.32. The molecule has 1 fully saturated rings. The van der Waals surface area contributed by atoms with Crippen LogP contribution in [-0.4, -0.2) is 45.8 Å². The van der Waals surface area contributed by atoms with Crippen molar-refractivity contribution in [3.63, 3.8) is 0 Å². The minimum atomic E-state index is -0.681. The van der Waals surface area contributed by atoms with Crippen LogP contribution in [0.4, 0.5) is 0 Å². The van der Waals surface area contributed by atoms with Crippen LogP contribution in [-0.2, 0) is 4.74 Å². The molecule has 3 N–H and O–H groups in total. The van der Waals surface area contributed by atoms with Gasteiger partial charge >= 0.3 is 0 Å². The number of rotatable bonds is 8. The van der Waals surface area contributed by atoms with Crippen LogP contribution in [0.15, 0.2) is 48.1 Å². The highest BCUT2D eigenvalue weighted by Crippen LogP contribution is 2.53. The molecule has 1 saturated carbocycles. The molecule has 0 radical (unpaired) electrons. The first kappa shape index (κ1) is 24.1. The molecule has 0 aliphatic heterocycles. The number of allylic oxidation sites excluding steroid dienone is 3. The molecule has 0 aromatic heterocycles. The Balaban J connectivity index is 2.00. The van der Waals surface area contributed by atoms with Gasteiger partial charge in [-0.25, -0.2) is 0 Å². The topological polar surface area (TPSA) is 69.9 Å². The lowest BCUT2D eigenvalue weighted by Crippen LogP contribution is -2.48. The zero-order chi connectivity index (χ0) is 21.8. The Morgan fingerprint density at radius 1 is 1.34 bits per heavy atom. The van der Waals surface area contributed by atoms with Crippen LogP contribution in [0, 0.1) is 17.3 Å². The predicted octanol–water partition coefficient (Wildman–Crippen LogP) is 4.32. The molecule has 29 heavy (non-hydrogen) atoms.